The average molecular weight is 316 g/mol. The summed E-state index contributed by atoms with van der Waals surface area (Å²) in [6.07, 6.45) is -4.49. The van der Waals surface area contributed by atoms with Crippen LogP contribution in [0.25, 0.3) is 0 Å². The van der Waals surface area contributed by atoms with Gasteiger partial charge in [-0.25, -0.2) is 4.98 Å². The Morgan fingerprint density at radius 2 is 1.95 bits per heavy atom. The number of benzene rings is 1. The molecule has 110 valence electrons. The Hall–Kier alpha value is -2.28. The average Bonchev–Trinajstić information content (AvgIpc) is 2.41. The summed E-state index contributed by atoms with van der Waals surface area (Å²) in [5.74, 6) is -0.666. The first-order valence-electron chi connectivity index (χ1n) is 5.68. The van der Waals surface area contributed by atoms with E-state index < -0.39 is 17.6 Å². The summed E-state index contributed by atoms with van der Waals surface area (Å²) in [6.45, 7) is 0. The molecule has 0 atom stereocenters. The summed E-state index contributed by atoms with van der Waals surface area (Å²) < 4.78 is 37.7. The first kappa shape index (κ1) is 15.1. The van der Waals surface area contributed by atoms with Gasteiger partial charge in [0.1, 0.15) is 11.5 Å². The maximum Gasteiger partial charge on any atom is 0.416 e. The van der Waals surface area contributed by atoms with Gasteiger partial charge in [0.2, 0.25) is 0 Å². The molecule has 0 bridgehead atoms. The second-order valence-corrected chi connectivity index (χ2v) is 4.51. The first-order valence-corrected chi connectivity index (χ1v) is 6.06. The van der Waals surface area contributed by atoms with Crippen molar-refractivity contribution in [1.29, 1.82) is 0 Å². The molecule has 0 aliphatic heterocycles. The summed E-state index contributed by atoms with van der Waals surface area (Å²) in [7, 11) is 0. The lowest BCUT2D eigenvalue weighted by Crippen LogP contribution is -2.15. The van der Waals surface area contributed by atoms with Crippen molar-refractivity contribution in [1.82, 2.24) is 4.98 Å². The van der Waals surface area contributed by atoms with Gasteiger partial charge in [-0.15, -0.1) is 0 Å². The number of aromatic nitrogens is 1. The molecule has 8 heteroatoms. The highest BCUT2D eigenvalue weighted by Gasteiger charge is 2.30. The number of nitrogens with zero attached hydrogens (tertiary/aromatic N) is 1. The minimum atomic E-state index is -4.49. The molecule has 1 heterocycles. The molecule has 3 N–H and O–H groups in total. The molecule has 0 saturated heterocycles. The van der Waals surface area contributed by atoms with E-state index in [1.165, 1.54) is 24.3 Å². The molecule has 4 nitrogen and oxygen atoms in total. The Morgan fingerprint density at radius 3 is 2.62 bits per heavy atom. The van der Waals surface area contributed by atoms with E-state index in [4.69, 9.17) is 17.3 Å². The number of halogens is 4. The standard InChI is InChI=1S/C13H9ClF3N3O/c14-9-4-5-10(18)20-11(9)12(21)19-8-3-1-2-7(6-8)13(15,16)17/h1-6H,(H2,18,20)(H,19,21). The van der Waals surface area contributed by atoms with E-state index in [9.17, 15) is 18.0 Å². The molecule has 1 amide bonds. The van der Waals surface area contributed by atoms with Gasteiger partial charge in [0.25, 0.3) is 5.91 Å². The van der Waals surface area contributed by atoms with Crippen LogP contribution in [0.1, 0.15) is 16.1 Å². The topological polar surface area (TPSA) is 68.0 Å². The molecule has 1 aromatic heterocycles. The number of hydrogen-bond acceptors (Lipinski definition) is 3. The van der Waals surface area contributed by atoms with Crippen LogP contribution in [0.15, 0.2) is 36.4 Å². The maximum absolute atomic E-state index is 12.6. The van der Waals surface area contributed by atoms with Crippen molar-refractivity contribution in [3.63, 3.8) is 0 Å². The minimum Gasteiger partial charge on any atom is -0.384 e. The van der Waals surface area contributed by atoms with Crippen LogP contribution >= 0.6 is 11.6 Å². The van der Waals surface area contributed by atoms with Gasteiger partial charge >= 0.3 is 6.18 Å². The zero-order chi connectivity index (χ0) is 15.6. The molecule has 2 aromatic rings. The lowest BCUT2D eigenvalue weighted by atomic mass is 10.2. The lowest BCUT2D eigenvalue weighted by molar-refractivity contribution is -0.137. The van der Waals surface area contributed by atoms with Crippen molar-refractivity contribution in [2.75, 3.05) is 11.1 Å². The van der Waals surface area contributed by atoms with Crippen LogP contribution in [0.3, 0.4) is 0 Å². The Labute approximate surface area is 122 Å². The number of hydrogen-bond donors (Lipinski definition) is 2. The molecular weight excluding hydrogens is 307 g/mol. The fourth-order valence-corrected chi connectivity index (χ4v) is 1.77. The Balaban J connectivity index is 2.26. The van der Waals surface area contributed by atoms with Gasteiger partial charge in [-0.05, 0) is 30.3 Å². The van der Waals surface area contributed by atoms with E-state index in [1.807, 2.05) is 0 Å². The quantitative estimate of drug-likeness (QED) is 0.890. The summed E-state index contributed by atoms with van der Waals surface area (Å²) >= 11 is 5.80. The van der Waals surface area contributed by atoms with Gasteiger partial charge in [0.05, 0.1) is 10.6 Å². The van der Waals surface area contributed by atoms with Crippen LogP contribution in [-0.2, 0) is 6.18 Å². The van der Waals surface area contributed by atoms with Crippen LogP contribution in [0, 0.1) is 0 Å². The van der Waals surface area contributed by atoms with Crippen molar-refractivity contribution < 1.29 is 18.0 Å². The molecule has 0 aliphatic rings. The fourth-order valence-electron chi connectivity index (χ4n) is 1.58. The number of carbonyl (C=O) groups excluding carboxylic acids is 1. The van der Waals surface area contributed by atoms with Crippen molar-refractivity contribution in [3.8, 4) is 0 Å². The maximum atomic E-state index is 12.6. The molecule has 0 unspecified atom stereocenters. The molecule has 0 saturated carbocycles. The van der Waals surface area contributed by atoms with Gasteiger partial charge in [-0.1, -0.05) is 17.7 Å². The highest BCUT2D eigenvalue weighted by Crippen LogP contribution is 2.30. The van der Waals surface area contributed by atoms with Gasteiger partial charge in [0.15, 0.2) is 0 Å². The van der Waals surface area contributed by atoms with Gasteiger partial charge in [-0.2, -0.15) is 13.2 Å². The normalized spacial score (nSPS) is 11.2. The van der Waals surface area contributed by atoms with E-state index in [1.54, 1.807) is 0 Å². The Bertz CT molecular complexity index is 689. The van der Waals surface area contributed by atoms with Gasteiger partial charge in [0, 0.05) is 5.69 Å². The largest absolute Gasteiger partial charge is 0.416 e. The van der Waals surface area contributed by atoms with Crippen LogP contribution < -0.4 is 11.1 Å². The molecule has 0 spiro atoms. The summed E-state index contributed by atoms with van der Waals surface area (Å²) in [6, 6.07) is 7.02. The summed E-state index contributed by atoms with van der Waals surface area (Å²) in [4.78, 5) is 15.7. The molecule has 21 heavy (non-hydrogen) atoms. The number of alkyl halides is 3. The van der Waals surface area contributed by atoms with Crippen LogP contribution in [-0.4, -0.2) is 10.9 Å². The number of anilines is 2. The predicted molar refractivity (Wildman–Crippen MR) is 73.1 cm³/mol. The number of nitrogens with one attached hydrogen (secondary N) is 1. The second kappa shape index (κ2) is 5.61. The smallest absolute Gasteiger partial charge is 0.384 e. The van der Waals surface area contributed by atoms with E-state index in [0.717, 1.165) is 12.1 Å². The van der Waals surface area contributed by atoms with E-state index in [2.05, 4.69) is 10.3 Å². The van der Waals surface area contributed by atoms with E-state index in [-0.39, 0.29) is 22.2 Å². The Morgan fingerprint density at radius 1 is 1.24 bits per heavy atom. The number of nitrogen functional groups attached to an aromatic ring is 1. The SMILES string of the molecule is Nc1ccc(Cl)c(C(=O)Nc2cccc(C(F)(F)F)c2)n1. The summed E-state index contributed by atoms with van der Waals surface area (Å²) in [5.41, 5.74) is 4.40. The van der Waals surface area contributed by atoms with Crippen LogP contribution in [0.5, 0.6) is 0 Å². The fraction of sp³-hybridized carbons (Fsp3) is 0.0769. The summed E-state index contributed by atoms with van der Waals surface area (Å²) in [5, 5.41) is 2.35. The highest BCUT2D eigenvalue weighted by molar-refractivity contribution is 6.34. The predicted octanol–water partition coefficient (Wildman–Crippen LogP) is 3.59. The van der Waals surface area contributed by atoms with Gasteiger partial charge < -0.3 is 11.1 Å². The van der Waals surface area contributed by atoms with Crippen molar-refractivity contribution >= 4 is 29.0 Å². The van der Waals surface area contributed by atoms with Crippen LogP contribution in [0.2, 0.25) is 5.02 Å². The molecule has 0 fully saturated rings. The Kier molecular flexibility index (Phi) is 4.04. The molecular formula is C13H9ClF3N3O. The minimum absolute atomic E-state index is 0.0184. The third-order valence-electron chi connectivity index (χ3n) is 2.53. The molecule has 0 radical (unpaired) electrons. The van der Waals surface area contributed by atoms with Gasteiger partial charge in [-0.3, -0.25) is 4.79 Å². The molecule has 0 aliphatic carbocycles. The number of pyridine rings is 1. The van der Waals surface area contributed by atoms with Crippen molar-refractivity contribution in [2.24, 2.45) is 0 Å². The lowest BCUT2D eigenvalue weighted by Gasteiger charge is -2.10. The second-order valence-electron chi connectivity index (χ2n) is 4.10. The van der Waals surface area contributed by atoms with E-state index >= 15 is 0 Å². The zero-order valence-electron chi connectivity index (χ0n) is 10.4. The number of carbonyl (C=O) groups is 1. The third kappa shape index (κ3) is 3.63. The van der Waals surface area contributed by atoms with E-state index in [0.29, 0.717) is 0 Å². The zero-order valence-corrected chi connectivity index (χ0v) is 11.2. The number of amides is 1. The van der Waals surface area contributed by atoms with Crippen LogP contribution in [0.4, 0.5) is 24.7 Å². The molecule has 2 rings (SSSR count). The highest BCUT2D eigenvalue weighted by atomic mass is 35.5. The van der Waals surface area contributed by atoms with Crippen molar-refractivity contribution in [2.45, 2.75) is 6.18 Å². The monoisotopic (exact) mass is 315 g/mol. The first-order chi connectivity index (χ1) is 9.77. The number of rotatable bonds is 2. The number of nitrogens with two attached hydrogens (primary N) is 1. The van der Waals surface area contributed by atoms with Crippen molar-refractivity contribution in [3.05, 3.63) is 52.7 Å². The third-order valence-corrected chi connectivity index (χ3v) is 2.84. The molecule has 1 aromatic carbocycles.